The van der Waals surface area contributed by atoms with Crippen molar-refractivity contribution in [1.82, 2.24) is 10.2 Å². The average molecular weight is 263 g/mol. The first-order valence-electron chi connectivity index (χ1n) is 6.80. The van der Waals surface area contributed by atoms with Crippen molar-refractivity contribution in [1.29, 1.82) is 0 Å². The van der Waals surface area contributed by atoms with Gasteiger partial charge in [0.2, 0.25) is 5.91 Å². The van der Waals surface area contributed by atoms with Crippen molar-refractivity contribution in [2.75, 3.05) is 39.0 Å². The Balaban J connectivity index is 2.13. The second-order valence-electron chi connectivity index (χ2n) is 5.05. The molecule has 0 aliphatic heterocycles. The minimum atomic E-state index is 0.0157. The predicted octanol–water partition coefficient (Wildman–Crippen LogP) is 1.86. The van der Waals surface area contributed by atoms with Gasteiger partial charge in [-0.25, -0.2) is 0 Å². The first-order chi connectivity index (χ1) is 9.09. The van der Waals surface area contributed by atoms with E-state index in [1.165, 1.54) is 0 Å². The smallest absolute Gasteiger partial charge is 0.238 e. The van der Waals surface area contributed by atoms with Crippen LogP contribution < -0.4 is 10.6 Å². The minimum Gasteiger partial charge on any atom is -0.325 e. The molecule has 106 valence electrons. The fourth-order valence-corrected chi connectivity index (χ4v) is 1.79. The maximum absolute atomic E-state index is 11.7. The van der Waals surface area contributed by atoms with Gasteiger partial charge in [0.05, 0.1) is 6.54 Å². The summed E-state index contributed by atoms with van der Waals surface area (Å²) in [5.41, 5.74) is 1.98. The number of para-hydroxylation sites is 1. The highest BCUT2D eigenvalue weighted by molar-refractivity contribution is 5.92. The monoisotopic (exact) mass is 263 g/mol. The molecule has 1 amide bonds. The number of benzene rings is 1. The van der Waals surface area contributed by atoms with Crippen molar-refractivity contribution < 1.29 is 4.79 Å². The highest BCUT2D eigenvalue weighted by Crippen LogP contribution is 2.12. The first-order valence-corrected chi connectivity index (χ1v) is 6.80. The van der Waals surface area contributed by atoms with E-state index in [0.29, 0.717) is 6.54 Å². The normalized spacial score (nSPS) is 10.7. The van der Waals surface area contributed by atoms with Crippen molar-refractivity contribution in [3.05, 3.63) is 29.8 Å². The lowest BCUT2D eigenvalue weighted by molar-refractivity contribution is -0.115. The summed E-state index contributed by atoms with van der Waals surface area (Å²) in [7, 11) is 4.14. The van der Waals surface area contributed by atoms with Crippen LogP contribution in [0.2, 0.25) is 0 Å². The van der Waals surface area contributed by atoms with E-state index in [-0.39, 0.29) is 5.91 Å². The number of nitrogens with one attached hydrogen (secondary N) is 2. The van der Waals surface area contributed by atoms with E-state index in [1.54, 1.807) is 0 Å². The van der Waals surface area contributed by atoms with Crippen LogP contribution in [0.25, 0.3) is 0 Å². The number of carbonyl (C=O) groups excluding carboxylic acids is 1. The number of hydrogen-bond acceptors (Lipinski definition) is 3. The molecule has 0 radical (unpaired) electrons. The molecule has 0 spiro atoms. The number of unbranched alkanes of at least 4 members (excludes halogenated alkanes) is 1. The van der Waals surface area contributed by atoms with Crippen molar-refractivity contribution >= 4 is 11.6 Å². The molecule has 0 aliphatic carbocycles. The molecule has 2 N–H and O–H groups in total. The van der Waals surface area contributed by atoms with E-state index >= 15 is 0 Å². The number of nitrogens with zero attached hydrogens (tertiary/aromatic N) is 1. The van der Waals surface area contributed by atoms with Crippen molar-refractivity contribution in [3.8, 4) is 0 Å². The molecular formula is C15H25N3O. The van der Waals surface area contributed by atoms with Gasteiger partial charge >= 0.3 is 0 Å². The molecule has 19 heavy (non-hydrogen) atoms. The van der Waals surface area contributed by atoms with E-state index in [4.69, 9.17) is 0 Å². The lowest BCUT2D eigenvalue weighted by Crippen LogP contribution is -2.29. The first kappa shape index (κ1) is 15.7. The van der Waals surface area contributed by atoms with Gasteiger partial charge in [-0.1, -0.05) is 18.2 Å². The van der Waals surface area contributed by atoms with Crippen LogP contribution in [-0.2, 0) is 4.79 Å². The number of aryl methyl sites for hydroxylation is 1. The van der Waals surface area contributed by atoms with Gasteiger partial charge in [-0.2, -0.15) is 0 Å². The van der Waals surface area contributed by atoms with E-state index in [0.717, 1.165) is 37.2 Å². The maximum atomic E-state index is 11.7. The van der Waals surface area contributed by atoms with Gasteiger partial charge in [-0.05, 0) is 58.6 Å². The zero-order chi connectivity index (χ0) is 14.1. The molecule has 0 saturated carbocycles. The molecule has 0 fully saturated rings. The van der Waals surface area contributed by atoms with Gasteiger partial charge in [0, 0.05) is 5.69 Å². The van der Waals surface area contributed by atoms with E-state index in [9.17, 15) is 4.79 Å². The SMILES string of the molecule is Cc1ccccc1NC(=O)CNCCCCN(C)C. The second kappa shape index (κ2) is 8.67. The van der Waals surface area contributed by atoms with Crippen LogP contribution in [0.15, 0.2) is 24.3 Å². The summed E-state index contributed by atoms with van der Waals surface area (Å²) in [5, 5.41) is 6.08. The van der Waals surface area contributed by atoms with Crippen molar-refractivity contribution in [2.45, 2.75) is 19.8 Å². The summed E-state index contributed by atoms with van der Waals surface area (Å²) in [4.78, 5) is 13.9. The highest BCUT2D eigenvalue weighted by atomic mass is 16.1. The molecule has 0 unspecified atom stereocenters. The second-order valence-corrected chi connectivity index (χ2v) is 5.05. The average Bonchev–Trinajstić information content (AvgIpc) is 2.36. The molecule has 0 saturated heterocycles. The third-order valence-corrected chi connectivity index (χ3v) is 2.91. The molecule has 1 aromatic rings. The van der Waals surface area contributed by atoms with Gasteiger partial charge in [0.15, 0.2) is 0 Å². The molecule has 0 aliphatic rings. The largest absolute Gasteiger partial charge is 0.325 e. The Morgan fingerprint density at radius 2 is 1.95 bits per heavy atom. The van der Waals surface area contributed by atoms with Crippen LogP contribution in [0.3, 0.4) is 0 Å². The maximum Gasteiger partial charge on any atom is 0.238 e. The number of hydrogen-bond donors (Lipinski definition) is 2. The van der Waals surface area contributed by atoms with Crippen LogP contribution in [0.5, 0.6) is 0 Å². The predicted molar refractivity (Wildman–Crippen MR) is 80.5 cm³/mol. The lowest BCUT2D eigenvalue weighted by Gasteiger charge is -2.10. The van der Waals surface area contributed by atoms with Gasteiger partial charge in [-0.15, -0.1) is 0 Å². The van der Waals surface area contributed by atoms with Crippen LogP contribution in [0.4, 0.5) is 5.69 Å². The number of carbonyl (C=O) groups is 1. The fourth-order valence-electron chi connectivity index (χ4n) is 1.79. The van der Waals surface area contributed by atoms with Gasteiger partial charge in [0.1, 0.15) is 0 Å². The summed E-state index contributed by atoms with van der Waals surface area (Å²) in [6.45, 7) is 4.34. The molecule has 1 aromatic carbocycles. The molecule has 4 heteroatoms. The highest BCUT2D eigenvalue weighted by Gasteiger charge is 2.03. The Morgan fingerprint density at radius 1 is 1.21 bits per heavy atom. The van der Waals surface area contributed by atoms with Gasteiger partial charge in [-0.3, -0.25) is 4.79 Å². The summed E-state index contributed by atoms with van der Waals surface area (Å²) < 4.78 is 0. The molecule has 0 heterocycles. The Hall–Kier alpha value is -1.39. The molecular weight excluding hydrogens is 238 g/mol. The lowest BCUT2D eigenvalue weighted by atomic mass is 10.2. The number of anilines is 1. The van der Waals surface area contributed by atoms with E-state index < -0.39 is 0 Å². The Labute approximate surface area is 116 Å². The van der Waals surface area contributed by atoms with Crippen molar-refractivity contribution in [2.24, 2.45) is 0 Å². The number of amides is 1. The Morgan fingerprint density at radius 3 is 2.63 bits per heavy atom. The van der Waals surface area contributed by atoms with Crippen LogP contribution in [-0.4, -0.2) is 44.5 Å². The number of rotatable bonds is 8. The zero-order valence-electron chi connectivity index (χ0n) is 12.2. The zero-order valence-corrected chi connectivity index (χ0v) is 12.2. The summed E-state index contributed by atoms with van der Waals surface area (Å²) in [6.07, 6.45) is 2.25. The molecule has 0 atom stereocenters. The minimum absolute atomic E-state index is 0.0157. The fraction of sp³-hybridized carbons (Fsp3) is 0.533. The summed E-state index contributed by atoms with van der Waals surface area (Å²) in [6, 6.07) is 7.81. The summed E-state index contributed by atoms with van der Waals surface area (Å²) >= 11 is 0. The molecule has 0 bridgehead atoms. The Kier molecular flexibility index (Phi) is 7.15. The van der Waals surface area contributed by atoms with Crippen LogP contribution in [0.1, 0.15) is 18.4 Å². The van der Waals surface area contributed by atoms with Gasteiger partial charge in [0.25, 0.3) is 0 Å². The van der Waals surface area contributed by atoms with Gasteiger partial charge < -0.3 is 15.5 Å². The molecule has 1 rings (SSSR count). The standard InChI is InChI=1S/C15H25N3O/c1-13-8-4-5-9-14(13)17-15(19)12-16-10-6-7-11-18(2)3/h4-5,8-9,16H,6-7,10-12H2,1-3H3,(H,17,19). The molecule has 0 aromatic heterocycles. The van der Waals surface area contributed by atoms with Crippen LogP contribution in [0, 0.1) is 6.92 Å². The van der Waals surface area contributed by atoms with E-state index in [2.05, 4.69) is 29.6 Å². The topological polar surface area (TPSA) is 44.4 Å². The Bertz CT molecular complexity index is 391. The summed E-state index contributed by atoms with van der Waals surface area (Å²) in [5.74, 6) is 0.0157. The third-order valence-electron chi connectivity index (χ3n) is 2.91. The van der Waals surface area contributed by atoms with E-state index in [1.807, 2.05) is 31.2 Å². The third kappa shape index (κ3) is 6.94. The van der Waals surface area contributed by atoms with Crippen LogP contribution >= 0.6 is 0 Å². The molecule has 4 nitrogen and oxygen atoms in total. The quantitative estimate of drug-likeness (QED) is 0.704. The van der Waals surface area contributed by atoms with Crippen molar-refractivity contribution in [3.63, 3.8) is 0 Å².